The van der Waals surface area contributed by atoms with Gasteiger partial charge in [0.15, 0.2) is 11.5 Å². The minimum Gasteiger partial charge on any atom is -0.461 e. The second-order valence-corrected chi connectivity index (χ2v) is 12.3. The first kappa shape index (κ1) is 30.4. The highest BCUT2D eigenvalue weighted by molar-refractivity contribution is 7.92. The molecular weight excluding hydrogens is 558 g/mol. The van der Waals surface area contributed by atoms with Crippen LogP contribution in [0.25, 0.3) is 11.2 Å². The summed E-state index contributed by atoms with van der Waals surface area (Å²) in [7, 11) is -2.00. The lowest BCUT2D eigenvalue weighted by atomic mass is 10.1. The standard InChI is InChI=1S/C29H35N7O5S/c1-5-16-42(31,40)27-32-24(30)23-25(33-27)35(18-21-14-10-7-11-15-21)29(39)36(23)28(38)34(4)22(26(37)41-19(2)3)17-20-12-8-6-9-13-20/h6-15,19,22,31H,5,16-18H2,1-4H3,(H2,30,32,33)/t22-,42?/m0/s1. The Kier molecular flexibility index (Phi) is 9.10. The van der Waals surface area contributed by atoms with Gasteiger partial charge in [0.1, 0.15) is 21.3 Å². The first-order valence-corrected chi connectivity index (χ1v) is 15.3. The highest BCUT2D eigenvalue weighted by Gasteiger charge is 2.34. The normalized spacial score (nSPS) is 13.5. The van der Waals surface area contributed by atoms with Crippen molar-refractivity contribution in [1.29, 1.82) is 4.78 Å². The fraction of sp³-hybridized carbons (Fsp3) is 0.345. The van der Waals surface area contributed by atoms with Crippen LogP contribution in [0.2, 0.25) is 0 Å². The summed E-state index contributed by atoms with van der Waals surface area (Å²) in [6, 6.07) is 16.3. The minimum atomic E-state index is -3.41. The number of amides is 1. The second kappa shape index (κ2) is 12.6. The van der Waals surface area contributed by atoms with Gasteiger partial charge in [-0.05, 0) is 31.4 Å². The molecule has 4 aromatic rings. The minimum absolute atomic E-state index is 0.00235. The van der Waals surface area contributed by atoms with Crippen LogP contribution in [0.1, 0.15) is 38.3 Å². The molecule has 2 aromatic heterocycles. The third kappa shape index (κ3) is 6.35. The number of nitrogens with two attached hydrogens (primary N) is 1. The largest absolute Gasteiger partial charge is 0.461 e. The predicted octanol–water partition coefficient (Wildman–Crippen LogP) is 3.50. The van der Waals surface area contributed by atoms with E-state index in [1.54, 1.807) is 45.0 Å². The summed E-state index contributed by atoms with van der Waals surface area (Å²) in [6.07, 6.45) is 0.153. The average Bonchev–Trinajstić information content (AvgIpc) is 3.23. The number of imidazole rings is 1. The summed E-state index contributed by atoms with van der Waals surface area (Å²) in [5.74, 6) is -0.908. The van der Waals surface area contributed by atoms with Gasteiger partial charge in [0.05, 0.1) is 12.6 Å². The molecule has 12 nitrogen and oxygen atoms in total. The van der Waals surface area contributed by atoms with Crippen molar-refractivity contribution in [1.82, 2.24) is 24.0 Å². The van der Waals surface area contributed by atoms with E-state index in [4.69, 9.17) is 15.3 Å². The number of aromatic nitrogens is 4. The molecule has 0 saturated heterocycles. The van der Waals surface area contributed by atoms with Gasteiger partial charge in [0.2, 0.25) is 5.16 Å². The lowest BCUT2D eigenvalue weighted by Gasteiger charge is -2.27. The maximum absolute atomic E-state index is 14.1. The van der Waals surface area contributed by atoms with Crippen molar-refractivity contribution in [3.05, 3.63) is 82.3 Å². The molecule has 1 unspecified atom stereocenters. The number of likely N-dealkylation sites (N-methyl/N-ethyl adjacent to an activating group) is 1. The highest BCUT2D eigenvalue weighted by atomic mass is 32.2. The van der Waals surface area contributed by atoms with Gasteiger partial charge in [-0.25, -0.2) is 32.9 Å². The van der Waals surface area contributed by atoms with Gasteiger partial charge >= 0.3 is 17.7 Å². The number of anilines is 1. The summed E-state index contributed by atoms with van der Waals surface area (Å²) in [6.45, 7) is 5.22. The van der Waals surface area contributed by atoms with Crippen molar-refractivity contribution < 1.29 is 18.5 Å². The number of hydrogen-bond acceptors (Lipinski definition) is 9. The molecule has 13 heteroatoms. The maximum Gasteiger partial charge on any atom is 0.339 e. The van der Waals surface area contributed by atoms with Crippen LogP contribution in [0.15, 0.2) is 70.6 Å². The topological polar surface area (TPSA) is 166 Å². The zero-order chi connectivity index (χ0) is 30.6. The highest BCUT2D eigenvalue weighted by Crippen LogP contribution is 2.23. The van der Waals surface area contributed by atoms with Gasteiger partial charge in [-0.1, -0.05) is 67.6 Å². The molecule has 0 aliphatic carbocycles. The van der Waals surface area contributed by atoms with E-state index < -0.39 is 39.6 Å². The Hall–Kier alpha value is -4.52. The second-order valence-electron chi connectivity index (χ2n) is 10.2. The summed E-state index contributed by atoms with van der Waals surface area (Å²) in [4.78, 5) is 50.8. The molecule has 0 spiro atoms. The number of benzene rings is 2. The number of carbonyl (C=O) groups is 2. The third-order valence-electron chi connectivity index (χ3n) is 6.60. The molecule has 2 heterocycles. The van der Waals surface area contributed by atoms with Crippen molar-refractivity contribution >= 4 is 38.7 Å². The average molecular weight is 594 g/mol. The van der Waals surface area contributed by atoms with Gasteiger partial charge < -0.3 is 15.4 Å². The van der Waals surface area contributed by atoms with Crippen molar-refractivity contribution in [2.75, 3.05) is 18.5 Å². The van der Waals surface area contributed by atoms with Crippen LogP contribution >= 0.6 is 0 Å². The summed E-state index contributed by atoms with van der Waals surface area (Å²) in [5, 5.41) is -0.309. The quantitative estimate of drug-likeness (QED) is 0.208. The molecule has 1 amide bonds. The molecule has 0 saturated carbocycles. The van der Waals surface area contributed by atoms with Gasteiger partial charge in [-0.15, -0.1) is 0 Å². The monoisotopic (exact) mass is 593 g/mol. The van der Waals surface area contributed by atoms with Gasteiger partial charge in [-0.3, -0.25) is 4.57 Å². The van der Waals surface area contributed by atoms with E-state index in [0.29, 0.717) is 6.42 Å². The lowest BCUT2D eigenvalue weighted by Crippen LogP contribution is -2.49. The number of nitrogen functional groups attached to an aromatic ring is 1. The van der Waals surface area contributed by atoms with E-state index in [-0.39, 0.29) is 40.9 Å². The number of nitrogens with zero attached hydrogens (tertiary/aromatic N) is 5. The van der Waals surface area contributed by atoms with Crippen LogP contribution in [-0.4, -0.2) is 65.2 Å². The molecule has 222 valence electrons. The van der Waals surface area contributed by atoms with E-state index in [0.717, 1.165) is 20.6 Å². The number of rotatable bonds is 10. The zero-order valence-corrected chi connectivity index (χ0v) is 24.8. The van der Waals surface area contributed by atoms with Crippen LogP contribution in [-0.2, 0) is 32.2 Å². The number of carbonyl (C=O) groups excluding carboxylic acids is 2. The fourth-order valence-corrected chi connectivity index (χ4v) is 5.82. The molecule has 42 heavy (non-hydrogen) atoms. The van der Waals surface area contributed by atoms with E-state index >= 15 is 0 Å². The van der Waals surface area contributed by atoms with E-state index in [1.165, 1.54) is 11.6 Å². The van der Waals surface area contributed by atoms with Crippen molar-refractivity contribution in [2.45, 2.75) is 57.5 Å². The third-order valence-corrected chi connectivity index (χ3v) is 8.36. The molecule has 4 rings (SSSR count). The van der Waals surface area contributed by atoms with Gasteiger partial charge in [-0.2, -0.15) is 4.98 Å². The smallest absolute Gasteiger partial charge is 0.339 e. The molecule has 0 aliphatic rings. The Morgan fingerprint density at radius 1 is 1.05 bits per heavy atom. The number of hydrogen-bond donors (Lipinski definition) is 2. The van der Waals surface area contributed by atoms with Crippen LogP contribution in [0.3, 0.4) is 0 Å². The summed E-state index contributed by atoms with van der Waals surface area (Å²) >= 11 is 0. The number of esters is 1. The molecule has 0 aliphatic heterocycles. The van der Waals surface area contributed by atoms with Gasteiger partial charge in [0.25, 0.3) is 0 Å². The van der Waals surface area contributed by atoms with Crippen molar-refractivity contribution in [3.8, 4) is 0 Å². The number of nitrogens with one attached hydrogen (secondary N) is 1. The molecule has 2 aromatic carbocycles. The SMILES string of the molecule is CCCS(=N)(=O)c1nc(N)c2c(n1)n(Cc1ccccc1)c(=O)n2C(=O)N(C)[C@@H](Cc1ccccc1)C(=O)OC(C)C. The van der Waals surface area contributed by atoms with Crippen LogP contribution in [0.5, 0.6) is 0 Å². The first-order chi connectivity index (χ1) is 19.9. The van der Waals surface area contributed by atoms with Crippen LogP contribution < -0.4 is 11.4 Å². The van der Waals surface area contributed by atoms with Crippen molar-refractivity contribution in [2.24, 2.45) is 0 Å². The Morgan fingerprint density at radius 3 is 2.21 bits per heavy atom. The van der Waals surface area contributed by atoms with Crippen molar-refractivity contribution in [3.63, 3.8) is 0 Å². The van der Waals surface area contributed by atoms with Crippen LogP contribution in [0, 0.1) is 4.78 Å². The zero-order valence-electron chi connectivity index (χ0n) is 24.0. The fourth-order valence-electron chi connectivity index (χ4n) is 4.58. The lowest BCUT2D eigenvalue weighted by molar-refractivity contribution is -0.152. The number of fused-ring (bicyclic) bond motifs is 1. The Labute approximate surface area is 244 Å². The summed E-state index contributed by atoms with van der Waals surface area (Å²) in [5.41, 5.74) is 6.91. The molecule has 0 fully saturated rings. The summed E-state index contributed by atoms with van der Waals surface area (Å²) < 4.78 is 28.9. The van der Waals surface area contributed by atoms with Crippen LogP contribution in [0.4, 0.5) is 10.6 Å². The van der Waals surface area contributed by atoms with Gasteiger partial charge in [0, 0.05) is 19.2 Å². The maximum atomic E-state index is 14.1. The molecule has 3 N–H and O–H groups in total. The molecule has 0 radical (unpaired) electrons. The Bertz CT molecular complexity index is 1750. The molecular formula is C29H35N7O5S. The Morgan fingerprint density at radius 2 is 1.64 bits per heavy atom. The van der Waals surface area contributed by atoms with E-state index in [2.05, 4.69) is 9.97 Å². The number of ether oxygens (including phenoxy) is 1. The Balaban J connectivity index is 1.89. The molecule has 0 bridgehead atoms. The van der Waals surface area contributed by atoms with E-state index in [9.17, 15) is 18.6 Å². The molecule has 2 atom stereocenters. The van der Waals surface area contributed by atoms with E-state index in [1.807, 2.05) is 36.4 Å². The first-order valence-electron chi connectivity index (χ1n) is 13.5. The predicted molar refractivity (Wildman–Crippen MR) is 160 cm³/mol.